The summed E-state index contributed by atoms with van der Waals surface area (Å²) in [5.74, 6) is 0.938. The maximum atomic E-state index is 12.1. The van der Waals surface area contributed by atoms with Crippen molar-refractivity contribution in [2.45, 2.75) is 12.8 Å². The van der Waals surface area contributed by atoms with Gasteiger partial charge in [0.25, 0.3) is 5.91 Å². The van der Waals surface area contributed by atoms with Gasteiger partial charge in [-0.15, -0.1) is 11.6 Å². The highest BCUT2D eigenvalue weighted by Crippen LogP contribution is 2.24. The molecule has 1 saturated heterocycles. The molecule has 0 aromatic carbocycles. The number of alkyl halides is 1. The number of carbonyl (C=O) groups excluding carboxylic acids is 1. The van der Waals surface area contributed by atoms with Crippen LogP contribution in [0.5, 0.6) is 5.75 Å². The monoisotopic (exact) mass is 254 g/mol. The van der Waals surface area contributed by atoms with Gasteiger partial charge in [0.1, 0.15) is 5.75 Å². The van der Waals surface area contributed by atoms with Crippen molar-refractivity contribution in [3.8, 4) is 5.75 Å². The van der Waals surface area contributed by atoms with Gasteiger partial charge in [0.2, 0.25) is 0 Å². The third kappa shape index (κ3) is 2.69. The molecule has 4 nitrogen and oxygen atoms in total. The summed E-state index contributed by atoms with van der Waals surface area (Å²) in [6, 6.07) is 1.55. The van der Waals surface area contributed by atoms with Gasteiger partial charge in [-0.3, -0.25) is 9.78 Å². The Bertz CT molecular complexity index is 411. The number of amides is 1. The maximum absolute atomic E-state index is 12.1. The van der Waals surface area contributed by atoms with Crippen molar-refractivity contribution in [2.75, 3.05) is 19.0 Å². The molecular weight excluding hydrogens is 240 g/mol. The molecule has 1 atom stereocenters. The SMILES string of the molecule is O=C(c1ccncc1O)N1CCC(CCCl)C1. The van der Waals surface area contributed by atoms with Crippen LogP contribution in [-0.4, -0.2) is 39.9 Å². The number of halogens is 1. The number of aromatic hydroxyl groups is 1. The molecule has 1 aliphatic heterocycles. The molecule has 17 heavy (non-hydrogen) atoms. The molecule has 2 heterocycles. The quantitative estimate of drug-likeness (QED) is 0.838. The van der Waals surface area contributed by atoms with Crippen LogP contribution in [0.3, 0.4) is 0 Å². The van der Waals surface area contributed by atoms with Crippen LogP contribution >= 0.6 is 11.6 Å². The van der Waals surface area contributed by atoms with E-state index < -0.39 is 0 Å². The van der Waals surface area contributed by atoms with Crippen molar-refractivity contribution in [1.82, 2.24) is 9.88 Å². The van der Waals surface area contributed by atoms with Gasteiger partial charge in [-0.2, -0.15) is 0 Å². The minimum atomic E-state index is -0.123. The summed E-state index contributed by atoms with van der Waals surface area (Å²) in [7, 11) is 0. The first kappa shape index (κ1) is 12.2. The zero-order valence-corrected chi connectivity index (χ0v) is 10.2. The number of likely N-dealkylation sites (tertiary alicyclic amines) is 1. The Labute approximate surface area is 105 Å². The van der Waals surface area contributed by atoms with Crippen molar-refractivity contribution in [3.05, 3.63) is 24.0 Å². The van der Waals surface area contributed by atoms with E-state index in [-0.39, 0.29) is 11.7 Å². The summed E-state index contributed by atoms with van der Waals surface area (Å²) < 4.78 is 0. The van der Waals surface area contributed by atoms with Crippen LogP contribution in [0.2, 0.25) is 0 Å². The Morgan fingerprint density at radius 3 is 3.18 bits per heavy atom. The van der Waals surface area contributed by atoms with E-state index in [1.54, 1.807) is 11.0 Å². The van der Waals surface area contributed by atoms with Crippen LogP contribution in [0.4, 0.5) is 0 Å². The van der Waals surface area contributed by atoms with E-state index in [0.717, 1.165) is 25.9 Å². The number of carbonyl (C=O) groups is 1. The molecule has 1 amide bonds. The molecule has 0 bridgehead atoms. The molecule has 0 spiro atoms. The zero-order valence-electron chi connectivity index (χ0n) is 9.47. The van der Waals surface area contributed by atoms with Crippen LogP contribution in [0.15, 0.2) is 18.5 Å². The molecule has 1 aromatic heterocycles. The zero-order chi connectivity index (χ0) is 12.3. The topological polar surface area (TPSA) is 53.4 Å². The van der Waals surface area contributed by atoms with Gasteiger partial charge >= 0.3 is 0 Å². The van der Waals surface area contributed by atoms with Gasteiger partial charge < -0.3 is 10.0 Å². The molecule has 0 saturated carbocycles. The molecule has 5 heteroatoms. The fourth-order valence-corrected chi connectivity index (χ4v) is 2.45. The number of pyridine rings is 1. The van der Waals surface area contributed by atoms with E-state index in [0.29, 0.717) is 17.4 Å². The highest BCUT2D eigenvalue weighted by atomic mass is 35.5. The average molecular weight is 255 g/mol. The molecule has 1 N–H and O–H groups in total. The molecule has 1 fully saturated rings. The number of rotatable bonds is 3. The first-order chi connectivity index (χ1) is 8.22. The second-order valence-electron chi connectivity index (χ2n) is 4.28. The largest absolute Gasteiger partial charge is 0.505 e. The first-order valence-electron chi connectivity index (χ1n) is 5.70. The van der Waals surface area contributed by atoms with E-state index in [1.165, 1.54) is 12.4 Å². The smallest absolute Gasteiger partial charge is 0.257 e. The minimum Gasteiger partial charge on any atom is -0.505 e. The summed E-state index contributed by atoms with van der Waals surface area (Å²) in [6.45, 7) is 1.47. The summed E-state index contributed by atoms with van der Waals surface area (Å²) in [4.78, 5) is 17.7. The van der Waals surface area contributed by atoms with Crippen molar-refractivity contribution in [1.29, 1.82) is 0 Å². The molecule has 0 radical (unpaired) electrons. The Balaban J connectivity index is 2.05. The van der Waals surface area contributed by atoms with Crippen molar-refractivity contribution in [3.63, 3.8) is 0 Å². The van der Waals surface area contributed by atoms with Crippen LogP contribution < -0.4 is 0 Å². The highest BCUT2D eigenvalue weighted by molar-refractivity contribution is 6.17. The van der Waals surface area contributed by atoms with Gasteiger partial charge in [-0.25, -0.2) is 0 Å². The fraction of sp³-hybridized carbons (Fsp3) is 0.500. The lowest BCUT2D eigenvalue weighted by atomic mass is 10.1. The van der Waals surface area contributed by atoms with E-state index in [9.17, 15) is 9.90 Å². The Morgan fingerprint density at radius 1 is 1.65 bits per heavy atom. The summed E-state index contributed by atoms with van der Waals surface area (Å²) in [6.07, 6.45) is 4.73. The van der Waals surface area contributed by atoms with Gasteiger partial charge in [0, 0.05) is 25.2 Å². The van der Waals surface area contributed by atoms with Gasteiger partial charge in [0.05, 0.1) is 11.8 Å². The summed E-state index contributed by atoms with van der Waals surface area (Å²) >= 11 is 5.70. The van der Waals surface area contributed by atoms with E-state index in [4.69, 9.17) is 11.6 Å². The van der Waals surface area contributed by atoms with Crippen LogP contribution in [-0.2, 0) is 0 Å². The second-order valence-corrected chi connectivity index (χ2v) is 4.65. The standard InChI is InChI=1S/C12H15ClN2O2/c13-4-1-9-3-6-15(8-9)12(17)10-2-5-14-7-11(10)16/h2,5,7,9,16H,1,3-4,6,8H2. The molecule has 92 valence electrons. The van der Waals surface area contributed by atoms with Gasteiger partial charge in [-0.05, 0) is 24.8 Å². The number of hydrogen-bond donors (Lipinski definition) is 1. The Hall–Kier alpha value is -1.29. The van der Waals surface area contributed by atoms with Crippen molar-refractivity contribution in [2.24, 2.45) is 5.92 Å². The molecular formula is C12H15ClN2O2. The fourth-order valence-electron chi connectivity index (χ4n) is 2.14. The summed E-state index contributed by atoms with van der Waals surface area (Å²) in [5.41, 5.74) is 0.325. The third-order valence-corrected chi connectivity index (χ3v) is 3.34. The van der Waals surface area contributed by atoms with Crippen LogP contribution in [0.1, 0.15) is 23.2 Å². The predicted molar refractivity (Wildman–Crippen MR) is 65.2 cm³/mol. The molecule has 1 unspecified atom stereocenters. The second kappa shape index (κ2) is 5.36. The van der Waals surface area contributed by atoms with Gasteiger partial charge in [-0.1, -0.05) is 0 Å². The molecule has 2 rings (SSSR count). The first-order valence-corrected chi connectivity index (χ1v) is 6.24. The van der Waals surface area contributed by atoms with Crippen LogP contribution in [0, 0.1) is 5.92 Å². The average Bonchev–Trinajstić information content (AvgIpc) is 2.78. The van der Waals surface area contributed by atoms with Gasteiger partial charge in [0.15, 0.2) is 0 Å². The van der Waals surface area contributed by atoms with E-state index >= 15 is 0 Å². The molecule has 1 aromatic rings. The number of aromatic nitrogens is 1. The lowest BCUT2D eigenvalue weighted by Gasteiger charge is -2.16. The number of nitrogens with zero attached hydrogens (tertiary/aromatic N) is 2. The Morgan fingerprint density at radius 2 is 2.47 bits per heavy atom. The van der Waals surface area contributed by atoms with E-state index in [2.05, 4.69) is 4.98 Å². The number of hydrogen-bond acceptors (Lipinski definition) is 3. The Kier molecular flexibility index (Phi) is 3.84. The maximum Gasteiger partial charge on any atom is 0.257 e. The highest BCUT2D eigenvalue weighted by Gasteiger charge is 2.27. The lowest BCUT2D eigenvalue weighted by molar-refractivity contribution is 0.0784. The van der Waals surface area contributed by atoms with Crippen molar-refractivity contribution >= 4 is 17.5 Å². The normalized spacial score (nSPS) is 19.6. The van der Waals surface area contributed by atoms with E-state index in [1.807, 2.05) is 0 Å². The predicted octanol–water partition coefficient (Wildman–Crippen LogP) is 1.88. The molecule has 0 aliphatic carbocycles. The van der Waals surface area contributed by atoms with Crippen LogP contribution in [0.25, 0.3) is 0 Å². The lowest BCUT2D eigenvalue weighted by Crippen LogP contribution is -2.28. The molecule has 1 aliphatic rings. The third-order valence-electron chi connectivity index (χ3n) is 3.12. The summed E-state index contributed by atoms with van der Waals surface area (Å²) in [5, 5.41) is 9.58. The van der Waals surface area contributed by atoms with Crippen molar-refractivity contribution < 1.29 is 9.90 Å². The minimum absolute atomic E-state index is 0.0571.